The van der Waals surface area contributed by atoms with Gasteiger partial charge in [0.1, 0.15) is 0 Å². The van der Waals surface area contributed by atoms with Gasteiger partial charge in [-0.3, -0.25) is 5.73 Å². The summed E-state index contributed by atoms with van der Waals surface area (Å²) in [5, 5.41) is 27.6. The summed E-state index contributed by atoms with van der Waals surface area (Å²) in [5.41, 5.74) is 3.38. The van der Waals surface area contributed by atoms with Crippen LogP contribution in [0.5, 0.6) is 0 Å². The van der Waals surface area contributed by atoms with Crippen LogP contribution in [0.4, 0.5) is 0 Å². The minimum Gasteiger partial charge on any atom is -0.371 e. The third-order valence-electron chi connectivity index (χ3n) is 1.82. The second-order valence-electron chi connectivity index (χ2n) is 2.84. The van der Waals surface area contributed by atoms with Crippen molar-refractivity contribution in [2.24, 2.45) is 5.73 Å². The lowest BCUT2D eigenvalue weighted by atomic mass is 9.96. The van der Waals surface area contributed by atoms with Gasteiger partial charge in [-0.1, -0.05) is 20.3 Å². The molecule has 0 aliphatic carbocycles. The van der Waals surface area contributed by atoms with E-state index < -0.39 is 11.5 Å². The van der Waals surface area contributed by atoms with Crippen molar-refractivity contribution in [3.63, 3.8) is 0 Å². The summed E-state index contributed by atoms with van der Waals surface area (Å²) in [7, 11) is 0. The van der Waals surface area contributed by atoms with Gasteiger partial charge in [0.2, 0.25) is 5.79 Å². The van der Waals surface area contributed by atoms with Gasteiger partial charge in [-0.2, -0.15) is 0 Å². The van der Waals surface area contributed by atoms with E-state index in [9.17, 15) is 5.11 Å². The molecule has 0 aromatic heterocycles. The molecule has 5 N–H and O–H groups in total. The van der Waals surface area contributed by atoms with Crippen LogP contribution in [0.25, 0.3) is 0 Å². The van der Waals surface area contributed by atoms with E-state index >= 15 is 0 Å². The van der Waals surface area contributed by atoms with E-state index in [1.54, 1.807) is 6.92 Å². The highest BCUT2D eigenvalue weighted by Crippen LogP contribution is 2.22. The van der Waals surface area contributed by atoms with Gasteiger partial charge < -0.3 is 15.3 Å². The highest BCUT2D eigenvalue weighted by atomic mass is 16.5. The molecule has 0 aromatic rings. The molecule has 68 valence electrons. The summed E-state index contributed by atoms with van der Waals surface area (Å²) in [5.74, 6) is -2.18. The molecule has 0 aliphatic rings. The topological polar surface area (TPSA) is 86.7 Å². The molecule has 0 saturated heterocycles. The van der Waals surface area contributed by atoms with E-state index in [0.717, 1.165) is 0 Å². The van der Waals surface area contributed by atoms with Crippen molar-refractivity contribution in [3.8, 4) is 0 Å². The SMILES string of the molecule is CCCC(N)(O)C(O)(O)CC. The molecule has 4 heteroatoms. The van der Waals surface area contributed by atoms with Crippen molar-refractivity contribution in [1.29, 1.82) is 0 Å². The Morgan fingerprint density at radius 2 is 1.64 bits per heavy atom. The van der Waals surface area contributed by atoms with Gasteiger partial charge in [0.15, 0.2) is 5.72 Å². The van der Waals surface area contributed by atoms with E-state index in [2.05, 4.69) is 0 Å². The summed E-state index contributed by atoms with van der Waals surface area (Å²) in [6.07, 6.45) is 0.795. The van der Waals surface area contributed by atoms with Crippen LogP contribution < -0.4 is 5.73 Å². The summed E-state index contributed by atoms with van der Waals surface area (Å²) in [4.78, 5) is 0. The van der Waals surface area contributed by atoms with E-state index in [1.165, 1.54) is 0 Å². The van der Waals surface area contributed by atoms with Crippen LogP contribution in [-0.2, 0) is 0 Å². The lowest BCUT2D eigenvalue weighted by molar-refractivity contribution is -0.276. The molecule has 11 heavy (non-hydrogen) atoms. The molecule has 0 radical (unpaired) electrons. The van der Waals surface area contributed by atoms with E-state index in [0.29, 0.717) is 6.42 Å². The predicted octanol–water partition coefficient (Wildman–Crippen LogP) is -0.475. The smallest absolute Gasteiger partial charge is 0.206 e. The monoisotopic (exact) mass is 163 g/mol. The van der Waals surface area contributed by atoms with E-state index in [1.807, 2.05) is 6.92 Å². The Labute approximate surface area is 66.7 Å². The Balaban J connectivity index is 4.26. The molecule has 1 unspecified atom stereocenters. The second kappa shape index (κ2) is 3.49. The van der Waals surface area contributed by atoms with Crippen molar-refractivity contribution in [2.45, 2.75) is 44.6 Å². The second-order valence-corrected chi connectivity index (χ2v) is 2.84. The molecule has 4 nitrogen and oxygen atoms in total. The minimum absolute atomic E-state index is 0.0139. The maximum absolute atomic E-state index is 9.32. The molecule has 0 bridgehead atoms. The lowest BCUT2D eigenvalue weighted by Gasteiger charge is -2.35. The highest BCUT2D eigenvalue weighted by Gasteiger charge is 2.42. The van der Waals surface area contributed by atoms with Gasteiger partial charge in [0.05, 0.1) is 0 Å². The molecule has 0 aromatic carbocycles. The highest BCUT2D eigenvalue weighted by molar-refractivity contribution is 4.84. The average Bonchev–Trinajstić information content (AvgIpc) is 1.87. The van der Waals surface area contributed by atoms with Crippen LogP contribution >= 0.6 is 0 Å². The molecular weight excluding hydrogens is 146 g/mol. The number of nitrogens with two attached hydrogens (primary N) is 1. The number of hydrogen-bond donors (Lipinski definition) is 4. The molecule has 0 heterocycles. The van der Waals surface area contributed by atoms with Crippen molar-refractivity contribution in [3.05, 3.63) is 0 Å². The first kappa shape index (κ1) is 10.8. The average molecular weight is 163 g/mol. The van der Waals surface area contributed by atoms with Crippen LogP contribution in [-0.4, -0.2) is 26.8 Å². The number of rotatable bonds is 4. The third kappa shape index (κ3) is 2.41. The van der Waals surface area contributed by atoms with Crippen molar-refractivity contribution in [1.82, 2.24) is 0 Å². The first-order chi connectivity index (χ1) is 4.87. The zero-order valence-corrected chi connectivity index (χ0v) is 7.04. The Kier molecular flexibility index (Phi) is 3.44. The Bertz CT molecular complexity index is 123. The van der Waals surface area contributed by atoms with Gasteiger partial charge in [-0.25, -0.2) is 0 Å². The Morgan fingerprint density at radius 3 is 1.91 bits per heavy atom. The zero-order chi connectivity index (χ0) is 9.12. The van der Waals surface area contributed by atoms with Crippen LogP contribution in [0, 0.1) is 0 Å². The minimum atomic E-state index is -2.18. The van der Waals surface area contributed by atoms with Crippen molar-refractivity contribution < 1.29 is 15.3 Å². The normalized spacial score (nSPS) is 18.0. The summed E-state index contributed by atoms with van der Waals surface area (Å²) < 4.78 is 0. The standard InChI is InChI=1S/C7H17NO3/c1-3-5-6(8,9)7(10,11)4-2/h9-11H,3-5,8H2,1-2H3. The van der Waals surface area contributed by atoms with Gasteiger partial charge in [-0.05, 0) is 6.42 Å². The zero-order valence-electron chi connectivity index (χ0n) is 7.04. The first-order valence-corrected chi connectivity index (χ1v) is 3.83. The Hall–Kier alpha value is -0.160. The molecule has 1 atom stereocenters. The third-order valence-corrected chi connectivity index (χ3v) is 1.82. The van der Waals surface area contributed by atoms with Gasteiger partial charge in [0, 0.05) is 6.42 Å². The Morgan fingerprint density at radius 1 is 1.18 bits per heavy atom. The number of hydrogen-bond acceptors (Lipinski definition) is 4. The fourth-order valence-corrected chi connectivity index (χ4v) is 0.887. The van der Waals surface area contributed by atoms with E-state index in [4.69, 9.17) is 15.9 Å². The summed E-state index contributed by atoms with van der Waals surface area (Å²) in [6.45, 7) is 3.36. The van der Waals surface area contributed by atoms with Crippen LogP contribution in [0.2, 0.25) is 0 Å². The van der Waals surface area contributed by atoms with E-state index in [-0.39, 0.29) is 12.8 Å². The van der Waals surface area contributed by atoms with Crippen LogP contribution in [0.1, 0.15) is 33.1 Å². The molecule has 0 spiro atoms. The number of aliphatic hydroxyl groups is 3. The maximum atomic E-state index is 9.32. The fraction of sp³-hybridized carbons (Fsp3) is 1.00. The van der Waals surface area contributed by atoms with Crippen LogP contribution in [0.15, 0.2) is 0 Å². The molecule has 0 amide bonds. The lowest BCUT2D eigenvalue weighted by Crippen LogP contribution is -2.60. The van der Waals surface area contributed by atoms with Crippen molar-refractivity contribution >= 4 is 0 Å². The molecule has 0 saturated carbocycles. The quantitative estimate of drug-likeness (QED) is 0.422. The van der Waals surface area contributed by atoms with Crippen LogP contribution in [0.3, 0.4) is 0 Å². The van der Waals surface area contributed by atoms with Gasteiger partial charge in [-0.15, -0.1) is 0 Å². The maximum Gasteiger partial charge on any atom is 0.206 e. The summed E-state index contributed by atoms with van der Waals surface area (Å²) >= 11 is 0. The summed E-state index contributed by atoms with van der Waals surface area (Å²) in [6, 6.07) is 0. The molecule has 0 fully saturated rings. The van der Waals surface area contributed by atoms with Crippen molar-refractivity contribution in [2.75, 3.05) is 0 Å². The van der Waals surface area contributed by atoms with Gasteiger partial charge in [0.25, 0.3) is 0 Å². The molecule has 0 aliphatic heterocycles. The fourth-order valence-electron chi connectivity index (χ4n) is 0.887. The van der Waals surface area contributed by atoms with Gasteiger partial charge >= 0.3 is 0 Å². The predicted molar refractivity (Wildman–Crippen MR) is 41.5 cm³/mol. The molecular formula is C7H17NO3. The molecule has 0 rings (SSSR count). The first-order valence-electron chi connectivity index (χ1n) is 3.83. The largest absolute Gasteiger partial charge is 0.371 e.